The maximum Gasteiger partial charge on any atom is 0.472 e. The highest BCUT2D eigenvalue weighted by atomic mass is 31.2. The van der Waals surface area contributed by atoms with E-state index in [0.29, 0.717) is 19.3 Å². The molecule has 0 aromatic heterocycles. The van der Waals surface area contributed by atoms with Gasteiger partial charge in [-0.05, 0) is 161 Å². The first-order valence-electron chi connectivity index (χ1n) is 45.4. The maximum absolute atomic E-state index is 13.1. The third-order valence-corrected chi connectivity index (χ3v) is 20.8. The van der Waals surface area contributed by atoms with E-state index in [1.807, 2.05) is 0 Å². The monoisotopic (exact) mass is 1650 g/mol. The summed E-state index contributed by atoms with van der Waals surface area (Å²) in [5, 5.41) is 20.7. The molecule has 0 radical (unpaired) electrons. The lowest BCUT2D eigenvalue weighted by Gasteiger charge is -2.21. The Kier molecular flexibility index (Phi) is 84.3. The van der Waals surface area contributed by atoms with E-state index >= 15 is 0 Å². The molecule has 0 aliphatic heterocycles. The van der Waals surface area contributed by atoms with E-state index < -0.39 is 91.5 Å². The van der Waals surface area contributed by atoms with E-state index in [0.717, 1.165) is 186 Å². The summed E-state index contributed by atoms with van der Waals surface area (Å²) in [5.74, 6) is -1.59. The smallest absolute Gasteiger partial charge is 0.463 e. The number of hydrogen-bond donors (Lipinski definition) is 4. The molecule has 0 spiro atoms. The third-order valence-electron chi connectivity index (χ3n) is 18.9. The second-order valence-corrected chi connectivity index (χ2v) is 32.9. The summed E-state index contributed by atoms with van der Waals surface area (Å²) in [7, 11) is -9.82. The molecular weight excluding hydrogens is 1480 g/mol. The number of unbranched alkanes of at least 4 members (excludes halogenated alkanes) is 34. The van der Waals surface area contributed by atoms with Gasteiger partial charge in [0, 0.05) is 19.3 Å². The van der Waals surface area contributed by atoms with Crippen LogP contribution in [-0.4, -0.2) is 95.9 Å². The molecule has 0 aromatic carbocycles. The molecule has 0 saturated heterocycles. The van der Waals surface area contributed by atoms with Crippen molar-refractivity contribution < 1.29 is 75.8 Å². The predicted molar refractivity (Wildman–Crippen MR) is 482 cm³/mol. The van der Waals surface area contributed by atoms with Gasteiger partial charge < -0.3 is 34.2 Å². The van der Waals surface area contributed by atoms with Gasteiger partial charge in [-0.15, -0.1) is 0 Å². The zero-order valence-corrected chi connectivity index (χ0v) is 74.2. The van der Waals surface area contributed by atoms with E-state index in [-0.39, 0.29) is 19.3 Å². The molecule has 0 amide bonds. The van der Waals surface area contributed by atoms with Crippen LogP contribution in [0.3, 0.4) is 0 Å². The minimum Gasteiger partial charge on any atom is -0.463 e. The Morgan fingerprint density at radius 1 is 0.252 bits per heavy atom. The predicted octanol–water partition coefficient (Wildman–Crippen LogP) is 27.9. The number of ether oxygens (including phenoxy) is 3. The number of phosphoric acid groups is 2. The summed E-state index contributed by atoms with van der Waals surface area (Å²) in [6, 6.07) is 0. The van der Waals surface area contributed by atoms with Crippen LogP contribution in [0.1, 0.15) is 367 Å². The van der Waals surface area contributed by atoms with E-state index in [2.05, 4.69) is 191 Å². The van der Waals surface area contributed by atoms with Gasteiger partial charge in [0.05, 0.1) is 26.4 Å². The SMILES string of the molecule is CC/C=C\C/C=C\C/C=C\C/C=C\C/C=C\C/C=C\CCCCCCCCCCCCC(=O)OCC(O)COP(=O)(O)OCC(O)COP(=O)(O)OCC(COC(=O)CCCCCCCCCCCCC/C=C\C/C=C\C/C=C\C/C=C\CCCCC)OC(=O)CCCCCCCCC/C=C\C/C=C\C/C=C\C/C=C\CCCCC. The lowest BCUT2D eigenvalue weighted by molar-refractivity contribution is -0.161. The van der Waals surface area contributed by atoms with Crippen LogP contribution in [0, 0.1) is 0 Å². The van der Waals surface area contributed by atoms with Crippen molar-refractivity contribution in [2.24, 2.45) is 0 Å². The van der Waals surface area contributed by atoms with Crippen LogP contribution in [-0.2, 0) is 55.8 Å². The number of carbonyl (C=O) groups excluding carboxylic acids is 3. The molecule has 0 aliphatic rings. The first-order valence-corrected chi connectivity index (χ1v) is 48.4. The van der Waals surface area contributed by atoms with Crippen LogP contribution >= 0.6 is 15.6 Å². The standard InChI is InChI=1S/C97H164O16P2/c1-4-7-10-13-16-19-22-25-28-31-34-37-40-42-44-45-47-49-51-53-56-59-62-65-68-71-74-77-80-83-95(100)107-86-92(98)87-109-114(103,104)110-88-93(99)89-111-115(105,106)112-91-94(113-97(102)85-82-79-76-73-70-67-64-61-58-55-50-39-36-33-30-27-24-21-18-15-12-9-6-3)90-108-96(101)84-81-78-75-72-69-66-63-60-57-54-52-48-46-43-41-38-35-32-29-26-23-20-17-14-11-8-5-2/h7,10,16-21,25-30,34-39,42-44,46-47,49,55,58,92-94,98-99H,4-6,8-9,11-15,22-24,31-33,40-41,45,48,50-54,56-57,59-91H2,1-3H3,(H,103,104)(H,105,106)/b10-7-,19-16-,20-17-,21-18-,28-25-,29-26-,30-27-,37-34-,38-35-,39-36-,44-42-,46-43-,49-47-,58-55-. The van der Waals surface area contributed by atoms with Crippen molar-refractivity contribution in [3.63, 3.8) is 0 Å². The topological polar surface area (TPSA) is 231 Å². The maximum atomic E-state index is 13.1. The van der Waals surface area contributed by atoms with Crippen molar-refractivity contribution in [3.8, 4) is 0 Å². The summed E-state index contributed by atoms with van der Waals surface area (Å²) in [4.78, 5) is 59.0. The largest absolute Gasteiger partial charge is 0.472 e. The van der Waals surface area contributed by atoms with Gasteiger partial charge in [0.2, 0.25) is 0 Å². The Hall–Kier alpha value is -5.09. The van der Waals surface area contributed by atoms with Crippen molar-refractivity contribution in [1.82, 2.24) is 0 Å². The summed E-state index contributed by atoms with van der Waals surface area (Å²) in [5.41, 5.74) is 0. The van der Waals surface area contributed by atoms with Gasteiger partial charge in [0.25, 0.3) is 0 Å². The van der Waals surface area contributed by atoms with Crippen molar-refractivity contribution in [2.45, 2.75) is 386 Å². The summed E-state index contributed by atoms with van der Waals surface area (Å²) < 4.78 is 61.5. The number of carbonyl (C=O) groups is 3. The highest BCUT2D eigenvalue weighted by Crippen LogP contribution is 2.45. The molecular formula is C97H164O16P2. The number of esters is 3. The van der Waals surface area contributed by atoms with Crippen LogP contribution in [0.4, 0.5) is 0 Å². The zero-order chi connectivity index (χ0) is 83.6. The highest BCUT2D eigenvalue weighted by molar-refractivity contribution is 7.47. The van der Waals surface area contributed by atoms with Gasteiger partial charge in [-0.3, -0.25) is 32.5 Å². The minimum atomic E-state index is -4.95. The Morgan fingerprint density at radius 2 is 0.461 bits per heavy atom. The van der Waals surface area contributed by atoms with Crippen LogP contribution in [0.2, 0.25) is 0 Å². The normalized spacial score (nSPS) is 14.6. The van der Waals surface area contributed by atoms with E-state index in [9.17, 15) is 43.5 Å². The fourth-order valence-corrected chi connectivity index (χ4v) is 13.6. The summed E-state index contributed by atoms with van der Waals surface area (Å²) in [6.07, 6.45) is 114. The van der Waals surface area contributed by atoms with Crippen LogP contribution in [0.15, 0.2) is 170 Å². The van der Waals surface area contributed by atoms with E-state index in [1.54, 1.807) is 0 Å². The minimum absolute atomic E-state index is 0.0873. The molecule has 115 heavy (non-hydrogen) atoms. The third kappa shape index (κ3) is 89.5. The second kappa shape index (κ2) is 88.2. The number of allylic oxidation sites excluding steroid dienone is 28. The molecule has 0 saturated carbocycles. The summed E-state index contributed by atoms with van der Waals surface area (Å²) in [6.45, 7) is 2.52. The Morgan fingerprint density at radius 3 is 0.730 bits per heavy atom. The number of aliphatic hydroxyl groups is 2. The molecule has 16 nitrogen and oxygen atoms in total. The molecule has 18 heteroatoms. The fraction of sp³-hybridized carbons (Fsp3) is 0.680. The molecule has 4 N–H and O–H groups in total. The lowest BCUT2D eigenvalue weighted by Crippen LogP contribution is -2.30. The molecule has 5 unspecified atom stereocenters. The number of hydrogen-bond acceptors (Lipinski definition) is 14. The van der Waals surface area contributed by atoms with Gasteiger partial charge in [-0.2, -0.15) is 0 Å². The van der Waals surface area contributed by atoms with Crippen molar-refractivity contribution in [1.29, 1.82) is 0 Å². The van der Waals surface area contributed by atoms with Gasteiger partial charge >= 0.3 is 33.6 Å². The average Bonchev–Trinajstić information content (AvgIpc) is 0.906. The molecule has 0 fully saturated rings. The van der Waals surface area contributed by atoms with Gasteiger partial charge in [0.1, 0.15) is 25.4 Å². The Bertz CT molecular complexity index is 2770. The molecule has 0 bridgehead atoms. The van der Waals surface area contributed by atoms with E-state index in [1.165, 1.54) is 122 Å². The molecule has 5 atom stereocenters. The molecule has 0 aliphatic carbocycles. The van der Waals surface area contributed by atoms with Crippen molar-refractivity contribution in [3.05, 3.63) is 170 Å². The molecule has 0 heterocycles. The van der Waals surface area contributed by atoms with Crippen molar-refractivity contribution >= 4 is 33.6 Å². The molecule has 658 valence electrons. The first kappa shape index (κ1) is 110. The van der Waals surface area contributed by atoms with Gasteiger partial charge in [0.15, 0.2) is 6.10 Å². The van der Waals surface area contributed by atoms with Gasteiger partial charge in [-0.25, -0.2) is 9.13 Å². The van der Waals surface area contributed by atoms with Crippen LogP contribution < -0.4 is 0 Å². The lowest BCUT2D eigenvalue weighted by atomic mass is 10.0. The second-order valence-electron chi connectivity index (χ2n) is 30.0. The van der Waals surface area contributed by atoms with Crippen LogP contribution in [0.25, 0.3) is 0 Å². The average molecular weight is 1650 g/mol. The zero-order valence-electron chi connectivity index (χ0n) is 72.4. The molecule has 0 rings (SSSR count). The summed E-state index contributed by atoms with van der Waals surface area (Å²) >= 11 is 0. The van der Waals surface area contributed by atoms with E-state index in [4.69, 9.17) is 32.3 Å². The van der Waals surface area contributed by atoms with Crippen LogP contribution in [0.5, 0.6) is 0 Å². The number of phosphoric ester groups is 2. The van der Waals surface area contributed by atoms with Crippen molar-refractivity contribution in [2.75, 3.05) is 39.6 Å². The van der Waals surface area contributed by atoms with Gasteiger partial charge in [-0.1, -0.05) is 358 Å². The Labute approximate surface area is 701 Å². The molecule has 0 aromatic rings. The highest BCUT2D eigenvalue weighted by Gasteiger charge is 2.29. The number of rotatable bonds is 85. The first-order chi connectivity index (χ1) is 56.2. The Balaban J connectivity index is 4.67. The fourth-order valence-electron chi connectivity index (χ4n) is 12.0. The number of aliphatic hydroxyl groups excluding tert-OH is 2. The quantitative estimate of drug-likeness (QED) is 0.0146.